The molecule has 1 heterocycles. The molecule has 0 spiro atoms. The summed E-state index contributed by atoms with van der Waals surface area (Å²) in [5.74, 6) is 2.17. The van der Waals surface area contributed by atoms with Crippen LogP contribution in [0, 0.1) is 17.8 Å². The van der Waals surface area contributed by atoms with Gasteiger partial charge >= 0.3 is 0 Å². The SMILES string of the molecule is CC(NC(=O)c1cn(-c2ccccc2)nc1-c1ccc(Cl)cc1)C1CC2CCC1C2. The van der Waals surface area contributed by atoms with Crippen LogP contribution in [0.2, 0.25) is 5.02 Å². The number of amides is 1. The van der Waals surface area contributed by atoms with E-state index in [9.17, 15) is 4.79 Å². The van der Waals surface area contributed by atoms with Crippen LogP contribution in [0.3, 0.4) is 0 Å². The molecule has 0 saturated heterocycles. The zero-order valence-corrected chi connectivity index (χ0v) is 17.8. The summed E-state index contributed by atoms with van der Waals surface area (Å²) in [5, 5.41) is 8.71. The minimum Gasteiger partial charge on any atom is -0.349 e. The van der Waals surface area contributed by atoms with Gasteiger partial charge in [-0.3, -0.25) is 4.79 Å². The third-order valence-electron chi connectivity index (χ3n) is 6.89. The van der Waals surface area contributed by atoms with Crippen molar-refractivity contribution >= 4 is 17.5 Å². The van der Waals surface area contributed by atoms with Crippen molar-refractivity contribution in [3.05, 3.63) is 71.4 Å². The molecule has 1 aromatic heterocycles. The zero-order chi connectivity index (χ0) is 20.7. The Hall–Kier alpha value is -2.59. The highest BCUT2D eigenvalue weighted by atomic mass is 35.5. The van der Waals surface area contributed by atoms with Crippen molar-refractivity contribution in [2.24, 2.45) is 17.8 Å². The quantitative estimate of drug-likeness (QED) is 0.572. The van der Waals surface area contributed by atoms with Crippen molar-refractivity contribution in [1.29, 1.82) is 0 Å². The third-order valence-corrected chi connectivity index (χ3v) is 7.14. The van der Waals surface area contributed by atoms with Crippen LogP contribution in [-0.2, 0) is 0 Å². The number of para-hydroxylation sites is 1. The first-order valence-electron chi connectivity index (χ1n) is 10.8. The fraction of sp³-hybridized carbons (Fsp3) is 0.360. The minimum absolute atomic E-state index is 0.0580. The lowest BCUT2D eigenvalue weighted by molar-refractivity contribution is 0.0916. The third kappa shape index (κ3) is 3.65. The molecule has 2 aromatic carbocycles. The van der Waals surface area contributed by atoms with Crippen LogP contribution < -0.4 is 5.32 Å². The molecule has 2 bridgehead atoms. The normalized spacial score (nSPS) is 23.5. The number of aromatic nitrogens is 2. The van der Waals surface area contributed by atoms with Gasteiger partial charge in [-0.1, -0.05) is 48.4 Å². The van der Waals surface area contributed by atoms with Crippen LogP contribution in [0.1, 0.15) is 43.0 Å². The number of hydrogen-bond acceptors (Lipinski definition) is 2. The van der Waals surface area contributed by atoms with Crippen LogP contribution >= 0.6 is 11.6 Å². The zero-order valence-electron chi connectivity index (χ0n) is 17.1. The number of rotatable bonds is 5. The lowest BCUT2D eigenvalue weighted by atomic mass is 9.84. The molecule has 2 saturated carbocycles. The van der Waals surface area contributed by atoms with Gasteiger partial charge in [0.2, 0.25) is 0 Å². The van der Waals surface area contributed by atoms with E-state index in [1.165, 1.54) is 25.7 Å². The molecule has 4 nitrogen and oxygen atoms in total. The summed E-state index contributed by atoms with van der Waals surface area (Å²) in [7, 11) is 0. The Kier molecular flexibility index (Phi) is 5.11. The second kappa shape index (κ2) is 7.92. The van der Waals surface area contributed by atoms with Gasteiger partial charge in [0.25, 0.3) is 5.91 Å². The molecule has 30 heavy (non-hydrogen) atoms. The highest BCUT2D eigenvalue weighted by Gasteiger charge is 2.42. The van der Waals surface area contributed by atoms with Gasteiger partial charge < -0.3 is 5.32 Å². The second-order valence-electron chi connectivity index (χ2n) is 8.78. The molecule has 2 aliphatic rings. The fourth-order valence-electron chi connectivity index (χ4n) is 5.37. The van der Waals surface area contributed by atoms with Gasteiger partial charge in [0.1, 0.15) is 5.69 Å². The number of halogens is 1. The van der Waals surface area contributed by atoms with Crippen LogP contribution in [0.5, 0.6) is 0 Å². The van der Waals surface area contributed by atoms with Crippen LogP contribution in [0.15, 0.2) is 60.8 Å². The number of nitrogens with one attached hydrogen (secondary N) is 1. The Morgan fingerprint density at radius 1 is 1.10 bits per heavy atom. The molecule has 4 atom stereocenters. The van der Waals surface area contributed by atoms with Crippen LogP contribution in [0.25, 0.3) is 16.9 Å². The highest BCUT2D eigenvalue weighted by molar-refractivity contribution is 6.30. The number of hydrogen-bond donors (Lipinski definition) is 1. The largest absolute Gasteiger partial charge is 0.349 e. The first-order chi connectivity index (χ1) is 14.6. The van der Waals surface area contributed by atoms with Gasteiger partial charge in [-0.25, -0.2) is 4.68 Å². The fourth-order valence-corrected chi connectivity index (χ4v) is 5.50. The summed E-state index contributed by atoms with van der Waals surface area (Å²) in [4.78, 5) is 13.3. The van der Waals surface area contributed by atoms with E-state index in [1.807, 2.05) is 60.8 Å². The summed E-state index contributed by atoms with van der Waals surface area (Å²) >= 11 is 6.07. The molecule has 5 heteroatoms. The van der Waals surface area contributed by atoms with E-state index in [-0.39, 0.29) is 11.9 Å². The van der Waals surface area contributed by atoms with E-state index >= 15 is 0 Å². The molecule has 2 fully saturated rings. The molecular weight excluding hydrogens is 394 g/mol. The lowest BCUT2D eigenvalue weighted by Crippen LogP contribution is -2.40. The Balaban J connectivity index is 1.45. The van der Waals surface area contributed by atoms with E-state index in [0.29, 0.717) is 22.2 Å². The topological polar surface area (TPSA) is 46.9 Å². The molecule has 5 rings (SSSR count). The molecule has 0 radical (unpaired) electrons. The Morgan fingerprint density at radius 3 is 2.53 bits per heavy atom. The summed E-state index contributed by atoms with van der Waals surface area (Å²) in [6.07, 6.45) is 7.11. The number of nitrogens with zero attached hydrogens (tertiary/aromatic N) is 2. The first-order valence-corrected chi connectivity index (χ1v) is 11.2. The van der Waals surface area contributed by atoms with E-state index in [2.05, 4.69) is 12.2 Å². The van der Waals surface area contributed by atoms with Crippen molar-refractivity contribution in [3.8, 4) is 16.9 Å². The van der Waals surface area contributed by atoms with Crippen LogP contribution in [0.4, 0.5) is 0 Å². The molecular formula is C25H26ClN3O. The number of carbonyl (C=O) groups excluding carboxylic acids is 1. The van der Waals surface area contributed by atoms with E-state index in [0.717, 1.165) is 23.1 Å². The first kappa shape index (κ1) is 19.4. The Bertz CT molecular complexity index is 1040. The Morgan fingerprint density at radius 2 is 1.87 bits per heavy atom. The van der Waals surface area contributed by atoms with Gasteiger partial charge in [-0.05, 0) is 68.2 Å². The van der Waals surface area contributed by atoms with Crippen molar-refractivity contribution < 1.29 is 4.79 Å². The minimum atomic E-state index is -0.0580. The van der Waals surface area contributed by atoms with Gasteiger partial charge in [0.15, 0.2) is 0 Å². The van der Waals surface area contributed by atoms with E-state index in [4.69, 9.17) is 16.7 Å². The van der Waals surface area contributed by atoms with Crippen LogP contribution in [-0.4, -0.2) is 21.7 Å². The van der Waals surface area contributed by atoms with Gasteiger partial charge in [-0.15, -0.1) is 0 Å². The second-order valence-corrected chi connectivity index (χ2v) is 9.22. The summed E-state index contributed by atoms with van der Waals surface area (Å²) in [6.45, 7) is 2.16. The lowest BCUT2D eigenvalue weighted by Gasteiger charge is -2.28. The molecule has 0 aliphatic heterocycles. The predicted molar refractivity (Wildman–Crippen MR) is 120 cm³/mol. The molecule has 3 aromatic rings. The Labute approximate surface area is 182 Å². The van der Waals surface area contributed by atoms with Crippen molar-refractivity contribution in [1.82, 2.24) is 15.1 Å². The number of carbonyl (C=O) groups is 1. The maximum atomic E-state index is 13.3. The average Bonchev–Trinajstić information content (AvgIpc) is 3.50. The maximum absolute atomic E-state index is 13.3. The van der Waals surface area contributed by atoms with Gasteiger partial charge in [-0.2, -0.15) is 5.10 Å². The van der Waals surface area contributed by atoms with E-state index < -0.39 is 0 Å². The molecule has 1 N–H and O–H groups in total. The summed E-state index contributed by atoms with van der Waals surface area (Å²) in [5.41, 5.74) is 3.07. The maximum Gasteiger partial charge on any atom is 0.255 e. The van der Waals surface area contributed by atoms with Crippen molar-refractivity contribution in [2.75, 3.05) is 0 Å². The smallest absolute Gasteiger partial charge is 0.255 e. The predicted octanol–water partition coefficient (Wildman–Crippen LogP) is 5.75. The molecule has 4 unspecified atom stereocenters. The average molecular weight is 420 g/mol. The van der Waals surface area contributed by atoms with Gasteiger partial charge in [0.05, 0.1) is 11.3 Å². The molecule has 154 valence electrons. The van der Waals surface area contributed by atoms with Gasteiger partial charge in [0, 0.05) is 22.8 Å². The van der Waals surface area contributed by atoms with Crippen molar-refractivity contribution in [3.63, 3.8) is 0 Å². The summed E-state index contributed by atoms with van der Waals surface area (Å²) in [6, 6.07) is 17.5. The standard InChI is InChI=1S/C25H26ClN3O/c1-16(22-14-17-7-8-19(22)13-17)27-25(30)23-15-29(21-5-3-2-4-6-21)28-24(23)18-9-11-20(26)12-10-18/h2-6,9-12,15-17,19,22H,7-8,13-14H2,1H3,(H,27,30). The monoisotopic (exact) mass is 419 g/mol. The highest BCUT2D eigenvalue weighted by Crippen LogP contribution is 2.49. The number of fused-ring (bicyclic) bond motifs is 2. The van der Waals surface area contributed by atoms with Crippen molar-refractivity contribution in [2.45, 2.75) is 38.6 Å². The van der Waals surface area contributed by atoms with E-state index in [1.54, 1.807) is 4.68 Å². The molecule has 1 amide bonds. The molecule has 2 aliphatic carbocycles. The summed E-state index contributed by atoms with van der Waals surface area (Å²) < 4.78 is 1.78. The number of benzene rings is 2.